The molecule has 1 aromatic carbocycles. The van der Waals surface area contributed by atoms with Gasteiger partial charge in [-0.3, -0.25) is 0 Å². The number of hydrogen-bond acceptors (Lipinski definition) is 6. The van der Waals surface area contributed by atoms with Crippen molar-refractivity contribution in [1.29, 1.82) is 0 Å². The van der Waals surface area contributed by atoms with Crippen molar-refractivity contribution in [2.45, 2.75) is 18.6 Å². The molecular weight excluding hydrogens is 354 g/mol. The Morgan fingerprint density at radius 2 is 2.04 bits per heavy atom. The highest BCUT2D eigenvalue weighted by atomic mass is 35.5. The molecule has 8 heteroatoms. The molecule has 3 heterocycles. The van der Waals surface area contributed by atoms with Crippen LogP contribution in [-0.4, -0.2) is 43.0 Å². The number of nitrogens with zero attached hydrogens (tertiary/aromatic N) is 5. The van der Waals surface area contributed by atoms with Gasteiger partial charge in [-0.05, 0) is 12.0 Å². The molecule has 3 aromatic rings. The van der Waals surface area contributed by atoms with Gasteiger partial charge in [-0.2, -0.15) is 0 Å². The van der Waals surface area contributed by atoms with Crippen LogP contribution in [0, 0.1) is 11.8 Å². The number of aliphatic hydroxyl groups excluding tert-OH is 1. The number of fused-ring (bicyclic) bond motifs is 2. The van der Waals surface area contributed by atoms with Crippen LogP contribution in [0.1, 0.15) is 18.0 Å². The first kappa shape index (κ1) is 15.7. The van der Waals surface area contributed by atoms with Crippen LogP contribution in [-0.2, 0) is 4.84 Å². The molecule has 0 saturated heterocycles. The van der Waals surface area contributed by atoms with E-state index in [1.165, 1.54) is 6.33 Å². The van der Waals surface area contributed by atoms with Crippen LogP contribution in [0.15, 0.2) is 48.1 Å². The van der Waals surface area contributed by atoms with E-state index < -0.39 is 0 Å². The summed E-state index contributed by atoms with van der Waals surface area (Å²) in [6.07, 6.45) is 3.78. The van der Waals surface area contributed by atoms with Crippen LogP contribution in [0.2, 0.25) is 5.15 Å². The van der Waals surface area contributed by atoms with E-state index in [9.17, 15) is 5.11 Å². The van der Waals surface area contributed by atoms with Crippen molar-refractivity contribution in [3.8, 4) is 0 Å². The van der Waals surface area contributed by atoms with Gasteiger partial charge in [-0.25, -0.2) is 15.0 Å². The summed E-state index contributed by atoms with van der Waals surface area (Å²) in [5.41, 5.74) is 3.20. The SMILES string of the molecule is OC[C@H]1C[C@@H](n2cnc3c(Cl)ncnc32)[C@H]2C(c3ccccc3)=NO[C@@H]12. The van der Waals surface area contributed by atoms with E-state index in [0.29, 0.717) is 16.3 Å². The average Bonchev–Trinajstić information content (AvgIpc) is 3.36. The topological polar surface area (TPSA) is 85.4 Å². The average molecular weight is 370 g/mol. The zero-order chi connectivity index (χ0) is 17.7. The second kappa shape index (κ2) is 6.03. The van der Waals surface area contributed by atoms with Crippen LogP contribution in [0.4, 0.5) is 0 Å². The van der Waals surface area contributed by atoms with Gasteiger partial charge in [0, 0.05) is 18.6 Å². The van der Waals surface area contributed by atoms with E-state index in [2.05, 4.69) is 20.1 Å². The Hall–Kier alpha value is -2.51. The first-order valence-electron chi connectivity index (χ1n) is 8.51. The van der Waals surface area contributed by atoms with E-state index in [1.54, 1.807) is 6.33 Å². The molecule has 26 heavy (non-hydrogen) atoms. The lowest BCUT2D eigenvalue weighted by atomic mass is 9.90. The van der Waals surface area contributed by atoms with E-state index in [1.807, 2.05) is 34.9 Å². The lowest BCUT2D eigenvalue weighted by Gasteiger charge is -2.20. The number of imidazole rings is 1. The number of oxime groups is 1. The summed E-state index contributed by atoms with van der Waals surface area (Å²) in [5.74, 6) is 0.0189. The summed E-state index contributed by atoms with van der Waals surface area (Å²) in [6.45, 7) is 0.0532. The van der Waals surface area contributed by atoms with Gasteiger partial charge in [-0.1, -0.05) is 47.1 Å². The van der Waals surface area contributed by atoms with Gasteiger partial charge in [-0.15, -0.1) is 0 Å². The molecule has 1 N–H and O–H groups in total. The molecule has 1 aliphatic carbocycles. The fourth-order valence-electron chi connectivity index (χ4n) is 4.16. The molecule has 5 rings (SSSR count). The lowest BCUT2D eigenvalue weighted by Crippen LogP contribution is -2.28. The van der Waals surface area contributed by atoms with Crippen molar-refractivity contribution in [2.24, 2.45) is 17.0 Å². The van der Waals surface area contributed by atoms with Gasteiger partial charge in [0.05, 0.1) is 18.0 Å². The number of hydrogen-bond donors (Lipinski definition) is 1. The van der Waals surface area contributed by atoms with Crippen molar-refractivity contribution in [3.05, 3.63) is 53.7 Å². The van der Waals surface area contributed by atoms with Crippen molar-refractivity contribution in [1.82, 2.24) is 19.5 Å². The molecule has 0 bridgehead atoms. The maximum Gasteiger partial charge on any atom is 0.165 e. The molecule has 0 radical (unpaired) electrons. The Morgan fingerprint density at radius 1 is 1.19 bits per heavy atom. The number of halogens is 1. The zero-order valence-corrected chi connectivity index (χ0v) is 14.5. The monoisotopic (exact) mass is 369 g/mol. The molecule has 0 spiro atoms. The quantitative estimate of drug-likeness (QED) is 0.717. The molecule has 2 aliphatic rings. The van der Waals surface area contributed by atoms with E-state index in [4.69, 9.17) is 16.4 Å². The van der Waals surface area contributed by atoms with Crippen molar-refractivity contribution in [2.75, 3.05) is 6.61 Å². The van der Waals surface area contributed by atoms with Gasteiger partial charge in [0.2, 0.25) is 0 Å². The molecule has 0 amide bonds. The Labute approximate surface area is 154 Å². The van der Waals surface area contributed by atoms with Crippen molar-refractivity contribution in [3.63, 3.8) is 0 Å². The molecule has 1 saturated carbocycles. The Balaban J connectivity index is 1.61. The van der Waals surface area contributed by atoms with Crippen LogP contribution in [0.5, 0.6) is 0 Å². The van der Waals surface area contributed by atoms with Gasteiger partial charge < -0.3 is 14.5 Å². The summed E-state index contributed by atoms with van der Waals surface area (Å²) in [4.78, 5) is 18.5. The summed E-state index contributed by atoms with van der Waals surface area (Å²) in [7, 11) is 0. The lowest BCUT2D eigenvalue weighted by molar-refractivity contribution is 0.0206. The fraction of sp³-hybridized carbons (Fsp3) is 0.333. The van der Waals surface area contributed by atoms with E-state index in [-0.39, 0.29) is 30.6 Å². The summed E-state index contributed by atoms with van der Waals surface area (Å²) in [6, 6.07) is 10.0. The maximum atomic E-state index is 9.84. The first-order valence-corrected chi connectivity index (χ1v) is 8.88. The third kappa shape index (κ3) is 2.24. The predicted octanol–water partition coefficient (Wildman–Crippen LogP) is 2.45. The minimum atomic E-state index is -0.157. The summed E-state index contributed by atoms with van der Waals surface area (Å²) < 4.78 is 2.02. The van der Waals surface area contributed by atoms with Gasteiger partial charge in [0.1, 0.15) is 17.9 Å². The second-order valence-corrected chi connectivity index (χ2v) is 7.03. The highest BCUT2D eigenvalue weighted by Gasteiger charge is 2.52. The second-order valence-electron chi connectivity index (χ2n) is 6.67. The zero-order valence-electron chi connectivity index (χ0n) is 13.7. The number of benzene rings is 1. The maximum absolute atomic E-state index is 9.84. The summed E-state index contributed by atoms with van der Waals surface area (Å²) in [5, 5.41) is 14.5. The molecular formula is C18H16ClN5O2. The minimum Gasteiger partial charge on any atom is -0.396 e. The molecule has 2 aromatic heterocycles. The van der Waals surface area contributed by atoms with E-state index in [0.717, 1.165) is 17.7 Å². The molecule has 7 nitrogen and oxygen atoms in total. The molecule has 132 valence electrons. The smallest absolute Gasteiger partial charge is 0.165 e. The van der Waals surface area contributed by atoms with E-state index >= 15 is 0 Å². The molecule has 4 atom stereocenters. The number of aromatic nitrogens is 4. The predicted molar refractivity (Wildman–Crippen MR) is 95.9 cm³/mol. The molecule has 1 fully saturated rings. The molecule has 1 aliphatic heterocycles. The Kier molecular flexibility index (Phi) is 3.65. The van der Waals surface area contributed by atoms with Crippen molar-refractivity contribution >= 4 is 28.5 Å². The molecule has 0 unspecified atom stereocenters. The van der Waals surface area contributed by atoms with Gasteiger partial charge >= 0.3 is 0 Å². The fourth-order valence-corrected chi connectivity index (χ4v) is 4.33. The number of aliphatic hydroxyl groups is 1. The largest absolute Gasteiger partial charge is 0.396 e. The van der Waals surface area contributed by atoms with Gasteiger partial charge in [0.15, 0.2) is 10.8 Å². The third-order valence-corrected chi connectivity index (χ3v) is 5.62. The van der Waals surface area contributed by atoms with Gasteiger partial charge in [0.25, 0.3) is 0 Å². The van der Waals surface area contributed by atoms with Crippen LogP contribution >= 0.6 is 11.6 Å². The summed E-state index contributed by atoms with van der Waals surface area (Å²) >= 11 is 6.15. The van der Waals surface area contributed by atoms with Crippen molar-refractivity contribution < 1.29 is 9.94 Å². The van der Waals surface area contributed by atoms with Crippen LogP contribution in [0.25, 0.3) is 11.2 Å². The Morgan fingerprint density at radius 3 is 2.85 bits per heavy atom. The minimum absolute atomic E-state index is 0.00437. The van der Waals surface area contributed by atoms with Crippen LogP contribution in [0.3, 0.4) is 0 Å². The number of rotatable bonds is 3. The van der Waals surface area contributed by atoms with Crippen LogP contribution < -0.4 is 0 Å². The first-order chi connectivity index (χ1) is 12.8. The highest BCUT2D eigenvalue weighted by molar-refractivity contribution is 6.33. The standard InChI is InChI=1S/C18H16ClN5O2/c19-17-15-18(21-8-20-17)24(9-22-15)12-6-11(7-25)16-13(12)14(23-26-16)10-4-2-1-3-5-10/h1-5,8-9,11-13,16,25H,6-7H2/t11-,12-,13+,16+/m1/s1. The third-order valence-electron chi connectivity index (χ3n) is 5.34. The highest BCUT2D eigenvalue weighted by Crippen LogP contribution is 2.47. The normalized spacial score (nSPS) is 27.4. The Bertz CT molecular complexity index is 990.